The minimum Gasteiger partial charge on any atom is -0.456 e. The fourth-order valence-electron chi connectivity index (χ4n) is 11.3. The van der Waals surface area contributed by atoms with Gasteiger partial charge in [-0.1, -0.05) is 158 Å². The maximum atomic E-state index is 13.2. The van der Waals surface area contributed by atoms with Crippen LogP contribution in [0.2, 0.25) is 0 Å². The molecule has 4 aliphatic heterocycles. The molecule has 10 aromatic rings. The van der Waals surface area contributed by atoms with Crippen LogP contribution in [0.15, 0.2) is 243 Å². The first kappa shape index (κ1) is 46.1. The van der Waals surface area contributed by atoms with Crippen LogP contribution in [0, 0.1) is 0 Å². The van der Waals surface area contributed by atoms with Crippen molar-refractivity contribution < 1.29 is 28.5 Å². The predicted molar refractivity (Wildman–Crippen MR) is 297 cm³/mol. The molecule has 0 saturated carbocycles. The van der Waals surface area contributed by atoms with Crippen molar-refractivity contribution in [1.29, 1.82) is 0 Å². The van der Waals surface area contributed by atoms with E-state index in [9.17, 15) is 9.59 Å². The Bertz CT molecular complexity index is 3680. The number of hydrogen-bond acceptors (Lipinski definition) is 8. The maximum Gasteiger partial charge on any atom is 0.340 e. The summed E-state index contributed by atoms with van der Waals surface area (Å²) in [6.07, 6.45) is 1.59. The van der Waals surface area contributed by atoms with Gasteiger partial charge in [-0.2, -0.15) is 0 Å². The molecular weight excluding hydrogens is 941 g/mol. The third-order valence-electron chi connectivity index (χ3n) is 15.1. The Morgan fingerprint density at radius 3 is 1.04 bits per heavy atom. The molecule has 10 aromatic carbocycles. The third-order valence-corrected chi connectivity index (χ3v) is 15.1. The number of nitrogens with zero attached hydrogens (tertiary/aromatic N) is 2. The number of carbonyl (C=O) groups excluding carboxylic acids is 2. The van der Waals surface area contributed by atoms with Crippen LogP contribution in [-0.4, -0.2) is 26.0 Å². The molecule has 0 radical (unpaired) electrons. The van der Waals surface area contributed by atoms with E-state index in [1.807, 2.05) is 148 Å². The van der Waals surface area contributed by atoms with Gasteiger partial charge >= 0.3 is 11.9 Å². The lowest BCUT2D eigenvalue weighted by atomic mass is 9.77. The molecule has 8 heteroatoms. The highest BCUT2D eigenvalue weighted by atomic mass is 16.6. The fourth-order valence-corrected chi connectivity index (χ4v) is 11.3. The second-order valence-corrected chi connectivity index (χ2v) is 19.6. The van der Waals surface area contributed by atoms with E-state index in [0.29, 0.717) is 22.6 Å². The van der Waals surface area contributed by atoms with Gasteiger partial charge < -0.3 is 28.7 Å². The van der Waals surface area contributed by atoms with Crippen molar-refractivity contribution in [3.63, 3.8) is 0 Å². The molecule has 368 valence electrons. The van der Waals surface area contributed by atoms with E-state index >= 15 is 0 Å². The summed E-state index contributed by atoms with van der Waals surface area (Å²) in [5.74, 6) is 2.12. The standard InChI is InChI=1S/C34H26N2O3.C34H24O3/c1-35(23-11-5-3-6-12-23)25-17-19-29-31(21-25)38-32-22-26(36(2)24-13-7-4-8-14-24)18-20-30(32)34(29)28-16-10-9-15-27(28)33(37)39-34;35-33-27-13-7-8-14-28(27)34(37-33)29-17-15-25(19-23-9-3-1-4-10-23)21-31(29)36-32-22-26(16-18-30(32)34)20-24-11-5-2-6-12-24/h3-22H,1-2H3;1-18,21-22H,19-20H2. The van der Waals surface area contributed by atoms with Gasteiger partial charge in [0.2, 0.25) is 0 Å². The maximum absolute atomic E-state index is 13.2. The molecule has 0 saturated heterocycles. The van der Waals surface area contributed by atoms with Crippen molar-refractivity contribution in [2.45, 2.75) is 24.0 Å². The van der Waals surface area contributed by atoms with Crippen LogP contribution in [0.3, 0.4) is 0 Å². The van der Waals surface area contributed by atoms with Gasteiger partial charge in [0.25, 0.3) is 0 Å². The normalized spacial score (nSPS) is 14.2. The molecule has 4 aliphatic rings. The molecule has 0 aromatic heterocycles. The minimum atomic E-state index is -1.09. The van der Waals surface area contributed by atoms with E-state index in [1.165, 1.54) is 11.1 Å². The summed E-state index contributed by atoms with van der Waals surface area (Å²) in [4.78, 5) is 30.5. The van der Waals surface area contributed by atoms with E-state index in [4.69, 9.17) is 18.9 Å². The number of anilines is 4. The quantitative estimate of drug-likeness (QED) is 0.139. The number of carbonyl (C=O) groups is 2. The molecule has 0 amide bonds. The van der Waals surface area contributed by atoms with Crippen LogP contribution in [-0.2, 0) is 33.5 Å². The third kappa shape index (κ3) is 7.76. The molecule has 0 N–H and O–H groups in total. The second-order valence-electron chi connectivity index (χ2n) is 19.6. The highest BCUT2D eigenvalue weighted by molar-refractivity contribution is 5.98. The van der Waals surface area contributed by atoms with Gasteiger partial charge in [-0.3, -0.25) is 0 Å². The van der Waals surface area contributed by atoms with Crippen LogP contribution in [0.4, 0.5) is 22.7 Å². The molecule has 76 heavy (non-hydrogen) atoms. The summed E-state index contributed by atoms with van der Waals surface area (Å²) in [6, 6.07) is 81.2. The molecule has 2 spiro atoms. The highest BCUT2D eigenvalue weighted by Crippen LogP contribution is 2.58. The highest BCUT2D eigenvalue weighted by Gasteiger charge is 2.55. The van der Waals surface area contributed by atoms with Crippen LogP contribution in [0.25, 0.3) is 0 Å². The zero-order chi connectivity index (χ0) is 51.4. The largest absolute Gasteiger partial charge is 0.456 e. The number of benzene rings is 10. The van der Waals surface area contributed by atoms with Gasteiger partial charge in [-0.25, -0.2) is 9.59 Å². The first-order valence-corrected chi connectivity index (χ1v) is 25.5. The first-order chi connectivity index (χ1) is 37.3. The Balaban J connectivity index is 0.000000146. The number of hydrogen-bond donors (Lipinski definition) is 0. The van der Waals surface area contributed by atoms with Crippen LogP contribution < -0.4 is 19.3 Å². The summed E-state index contributed by atoms with van der Waals surface area (Å²) in [5.41, 5.74) is 12.9. The predicted octanol–water partition coefficient (Wildman–Crippen LogP) is 15.2. The first-order valence-electron chi connectivity index (χ1n) is 25.5. The zero-order valence-electron chi connectivity index (χ0n) is 41.9. The van der Waals surface area contributed by atoms with Crippen molar-refractivity contribution in [2.75, 3.05) is 23.9 Å². The summed E-state index contributed by atoms with van der Waals surface area (Å²) >= 11 is 0. The van der Waals surface area contributed by atoms with Crippen molar-refractivity contribution in [3.8, 4) is 23.0 Å². The van der Waals surface area contributed by atoms with E-state index < -0.39 is 11.2 Å². The Labute approximate surface area is 441 Å². The molecule has 0 unspecified atom stereocenters. The van der Waals surface area contributed by atoms with Gasteiger partial charge in [0, 0.05) is 82.4 Å². The van der Waals surface area contributed by atoms with Crippen LogP contribution in [0.1, 0.15) is 76.4 Å². The van der Waals surface area contributed by atoms with E-state index in [-0.39, 0.29) is 11.9 Å². The van der Waals surface area contributed by atoms with Gasteiger partial charge in [0.05, 0.1) is 11.1 Å². The lowest BCUT2D eigenvalue weighted by Gasteiger charge is -2.37. The molecule has 14 rings (SSSR count). The molecule has 4 heterocycles. The average Bonchev–Trinajstić information content (AvgIpc) is 4.12. The van der Waals surface area contributed by atoms with Crippen molar-refractivity contribution in [2.24, 2.45) is 0 Å². The molecule has 0 atom stereocenters. The van der Waals surface area contributed by atoms with Gasteiger partial charge in [0.15, 0.2) is 11.2 Å². The topological polar surface area (TPSA) is 77.5 Å². The van der Waals surface area contributed by atoms with Gasteiger partial charge in [-0.05, 0) is 108 Å². The second kappa shape index (κ2) is 18.7. The van der Waals surface area contributed by atoms with Crippen molar-refractivity contribution in [3.05, 3.63) is 309 Å². The number of rotatable bonds is 8. The van der Waals surface area contributed by atoms with Crippen LogP contribution >= 0.6 is 0 Å². The number of fused-ring (bicyclic) bond motifs is 12. The van der Waals surface area contributed by atoms with Gasteiger partial charge in [-0.15, -0.1) is 0 Å². The lowest BCUT2D eigenvalue weighted by Crippen LogP contribution is -2.33. The molecule has 0 fully saturated rings. The van der Waals surface area contributed by atoms with Crippen LogP contribution in [0.5, 0.6) is 23.0 Å². The number of ether oxygens (including phenoxy) is 4. The Hall–Kier alpha value is -9.66. The SMILES string of the molecule is CN(c1ccccc1)c1ccc2c(c1)Oc1cc(N(C)c3ccccc3)ccc1C21OC(=O)c2ccccc21.O=C1OC2(c3ccc(Cc4ccccc4)cc3Oc3cc(Cc4ccccc4)ccc32)c2ccccc21. The fraction of sp³-hybridized carbons (Fsp3) is 0.0882. The van der Waals surface area contributed by atoms with E-state index in [2.05, 4.69) is 119 Å². The van der Waals surface area contributed by atoms with Gasteiger partial charge in [0.1, 0.15) is 23.0 Å². The molecule has 0 aliphatic carbocycles. The number of esters is 2. The number of para-hydroxylation sites is 2. The smallest absolute Gasteiger partial charge is 0.340 e. The summed E-state index contributed by atoms with van der Waals surface area (Å²) in [6.45, 7) is 0. The molecule has 0 bridgehead atoms. The van der Waals surface area contributed by atoms with E-state index in [0.717, 1.165) is 91.6 Å². The minimum absolute atomic E-state index is 0.309. The van der Waals surface area contributed by atoms with E-state index in [1.54, 1.807) is 0 Å². The lowest BCUT2D eigenvalue weighted by molar-refractivity contribution is 0.0214. The molecular formula is C68H50N2O6. The Kier molecular flexibility index (Phi) is 11.3. The zero-order valence-corrected chi connectivity index (χ0v) is 41.9. The Morgan fingerprint density at radius 2 is 0.645 bits per heavy atom. The summed E-state index contributed by atoms with van der Waals surface area (Å²) in [5, 5.41) is 0. The summed E-state index contributed by atoms with van der Waals surface area (Å²) < 4.78 is 25.9. The molecule has 8 nitrogen and oxygen atoms in total. The van der Waals surface area contributed by atoms with Crippen molar-refractivity contribution >= 4 is 34.7 Å². The Morgan fingerprint density at radius 1 is 0.316 bits per heavy atom. The monoisotopic (exact) mass is 990 g/mol. The summed E-state index contributed by atoms with van der Waals surface area (Å²) in [7, 11) is 4.06. The van der Waals surface area contributed by atoms with Crippen molar-refractivity contribution in [1.82, 2.24) is 0 Å². The average molecular weight is 991 g/mol.